The van der Waals surface area contributed by atoms with Crippen molar-refractivity contribution in [3.8, 4) is 5.75 Å². The van der Waals surface area contributed by atoms with Gasteiger partial charge in [-0.05, 0) is 77.8 Å². The van der Waals surface area contributed by atoms with Gasteiger partial charge in [0.25, 0.3) is 0 Å². The molecule has 0 spiro atoms. The summed E-state index contributed by atoms with van der Waals surface area (Å²) in [6.45, 7) is 2.20. The Kier molecular flexibility index (Phi) is 6.73. The lowest BCUT2D eigenvalue weighted by Crippen LogP contribution is -2.18. The highest BCUT2D eigenvalue weighted by atomic mass is 19.4. The highest BCUT2D eigenvalue weighted by molar-refractivity contribution is 5.84. The quantitative estimate of drug-likeness (QED) is 0.263. The largest absolute Gasteiger partial charge is 0.573 e. The summed E-state index contributed by atoms with van der Waals surface area (Å²) in [4.78, 5) is 0. The first-order valence-electron chi connectivity index (χ1n) is 11.4. The predicted octanol–water partition coefficient (Wildman–Crippen LogP) is 8.27. The van der Waals surface area contributed by atoms with E-state index < -0.39 is 6.36 Å². The molecule has 0 saturated carbocycles. The van der Waals surface area contributed by atoms with Gasteiger partial charge in [0, 0.05) is 5.39 Å². The average molecular weight is 445 g/mol. The lowest BCUT2D eigenvalue weighted by Gasteiger charge is -2.26. The average Bonchev–Trinajstić information content (AvgIpc) is 2.75. The van der Waals surface area contributed by atoms with Crippen molar-refractivity contribution in [2.45, 2.75) is 70.6 Å². The van der Waals surface area contributed by atoms with Gasteiger partial charge in [0.15, 0.2) is 0 Å². The number of halogens is 4. The molecule has 5 heteroatoms. The van der Waals surface area contributed by atoms with Crippen LogP contribution in [0.5, 0.6) is 5.75 Å². The van der Waals surface area contributed by atoms with Crippen molar-refractivity contribution in [3.63, 3.8) is 0 Å². The standard InChI is InChI=1S/C27H28F4O/c1-2-3-4-5-6-18-7-13-24-21(15-18)11-14-25(26(24)28)22-9-8-20-17-23(32-27(29,30)31)12-10-19(20)16-22/h7,10-15,17,22H,2-6,8-9,16H2,1H3. The van der Waals surface area contributed by atoms with Crippen molar-refractivity contribution < 1.29 is 22.3 Å². The van der Waals surface area contributed by atoms with Crippen LogP contribution < -0.4 is 4.74 Å². The zero-order valence-electron chi connectivity index (χ0n) is 18.3. The molecule has 0 bridgehead atoms. The Balaban J connectivity index is 1.51. The van der Waals surface area contributed by atoms with Gasteiger partial charge in [0.05, 0.1) is 0 Å². The third-order valence-electron chi connectivity index (χ3n) is 6.45. The van der Waals surface area contributed by atoms with Crippen LogP contribution in [0.15, 0.2) is 48.5 Å². The van der Waals surface area contributed by atoms with E-state index in [9.17, 15) is 13.2 Å². The van der Waals surface area contributed by atoms with E-state index in [2.05, 4.69) is 17.7 Å². The van der Waals surface area contributed by atoms with Crippen LogP contribution >= 0.6 is 0 Å². The summed E-state index contributed by atoms with van der Waals surface area (Å²) in [5.41, 5.74) is 3.73. The third kappa shape index (κ3) is 5.25. The third-order valence-corrected chi connectivity index (χ3v) is 6.45. The molecule has 1 aliphatic rings. The van der Waals surface area contributed by atoms with Crippen molar-refractivity contribution >= 4 is 10.8 Å². The summed E-state index contributed by atoms with van der Waals surface area (Å²) in [5.74, 6) is -0.363. The molecule has 170 valence electrons. The Bertz CT molecular complexity index is 1090. The molecule has 0 amide bonds. The minimum Gasteiger partial charge on any atom is -0.406 e. The Morgan fingerprint density at radius 1 is 0.938 bits per heavy atom. The first-order valence-corrected chi connectivity index (χ1v) is 11.4. The first-order chi connectivity index (χ1) is 15.3. The van der Waals surface area contributed by atoms with Gasteiger partial charge in [-0.2, -0.15) is 0 Å². The smallest absolute Gasteiger partial charge is 0.406 e. The Hall–Kier alpha value is -2.56. The molecule has 1 nitrogen and oxygen atoms in total. The lowest BCUT2D eigenvalue weighted by atomic mass is 9.79. The number of ether oxygens (including phenoxy) is 1. The maximum Gasteiger partial charge on any atom is 0.573 e. The topological polar surface area (TPSA) is 9.23 Å². The minimum atomic E-state index is -4.70. The molecule has 0 aliphatic heterocycles. The van der Waals surface area contributed by atoms with E-state index in [0.717, 1.165) is 29.4 Å². The van der Waals surface area contributed by atoms with Crippen LogP contribution in [0.4, 0.5) is 17.6 Å². The molecule has 1 aliphatic carbocycles. The number of benzene rings is 3. The molecule has 3 aromatic carbocycles. The second-order valence-electron chi connectivity index (χ2n) is 8.75. The van der Waals surface area contributed by atoms with Gasteiger partial charge in [0.1, 0.15) is 11.6 Å². The van der Waals surface area contributed by atoms with E-state index in [1.807, 2.05) is 24.3 Å². The zero-order chi connectivity index (χ0) is 22.7. The van der Waals surface area contributed by atoms with Crippen LogP contribution in [0, 0.1) is 5.82 Å². The van der Waals surface area contributed by atoms with Gasteiger partial charge < -0.3 is 4.74 Å². The van der Waals surface area contributed by atoms with Gasteiger partial charge in [-0.25, -0.2) is 4.39 Å². The Morgan fingerprint density at radius 3 is 2.56 bits per heavy atom. The van der Waals surface area contributed by atoms with Gasteiger partial charge in [-0.1, -0.05) is 62.6 Å². The molecule has 0 heterocycles. The second-order valence-corrected chi connectivity index (χ2v) is 8.75. The summed E-state index contributed by atoms with van der Waals surface area (Å²) in [6.07, 6.45) is 3.04. The molecule has 32 heavy (non-hydrogen) atoms. The molecule has 1 atom stereocenters. The van der Waals surface area contributed by atoms with Gasteiger partial charge in [-0.15, -0.1) is 13.2 Å². The molecule has 0 saturated heterocycles. The number of unbranched alkanes of at least 4 members (excludes halogenated alkanes) is 3. The highest BCUT2D eigenvalue weighted by Crippen LogP contribution is 2.38. The van der Waals surface area contributed by atoms with Crippen LogP contribution in [-0.2, 0) is 19.3 Å². The first kappa shape index (κ1) is 22.6. The summed E-state index contributed by atoms with van der Waals surface area (Å²) >= 11 is 0. The maximum atomic E-state index is 15.4. The summed E-state index contributed by atoms with van der Waals surface area (Å²) in [6, 6.07) is 14.4. The molecule has 0 N–H and O–H groups in total. The second kappa shape index (κ2) is 9.51. The van der Waals surface area contributed by atoms with E-state index in [1.54, 1.807) is 6.07 Å². The van der Waals surface area contributed by atoms with Crippen molar-refractivity contribution in [2.75, 3.05) is 0 Å². The molecular formula is C27H28F4O. The summed E-state index contributed by atoms with van der Waals surface area (Å²) in [7, 11) is 0. The zero-order valence-corrected chi connectivity index (χ0v) is 18.3. The molecular weight excluding hydrogens is 416 g/mol. The fourth-order valence-corrected chi connectivity index (χ4v) is 4.78. The fraction of sp³-hybridized carbons (Fsp3) is 0.407. The van der Waals surface area contributed by atoms with Crippen LogP contribution in [0.2, 0.25) is 0 Å². The van der Waals surface area contributed by atoms with Crippen molar-refractivity contribution in [2.24, 2.45) is 0 Å². The van der Waals surface area contributed by atoms with Crippen LogP contribution in [0.25, 0.3) is 10.8 Å². The predicted molar refractivity (Wildman–Crippen MR) is 120 cm³/mol. The SMILES string of the molecule is CCCCCCc1ccc2c(F)c(C3CCc4cc(OC(F)(F)F)ccc4C3)ccc2c1. The lowest BCUT2D eigenvalue weighted by molar-refractivity contribution is -0.274. The number of alkyl halides is 3. The van der Waals surface area contributed by atoms with Crippen LogP contribution in [-0.4, -0.2) is 6.36 Å². The van der Waals surface area contributed by atoms with Gasteiger partial charge >= 0.3 is 6.36 Å². The van der Waals surface area contributed by atoms with Crippen molar-refractivity contribution in [1.29, 1.82) is 0 Å². The number of hydrogen-bond donors (Lipinski definition) is 0. The molecule has 0 radical (unpaired) electrons. The van der Waals surface area contributed by atoms with Gasteiger partial charge in [-0.3, -0.25) is 0 Å². The highest BCUT2D eigenvalue weighted by Gasteiger charge is 2.32. The molecule has 0 fully saturated rings. The van der Waals surface area contributed by atoms with Gasteiger partial charge in [0.2, 0.25) is 0 Å². The number of hydrogen-bond acceptors (Lipinski definition) is 1. The van der Waals surface area contributed by atoms with E-state index in [1.165, 1.54) is 37.0 Å². The molecule has 4 rings (SSSR count). The molecule has 0 aromatic heterocycles. The van der Waals surface area contributed by atoms with E-state index in [0.29, 0.717) is 30.2 Å². The number of rotatable bonds is 7. The monoisotopic (exact) mass is 444 g/mol. The molecule has 1 unspecified atom stereocenters. The Labute approximate surface area is 186 Å². The van der Waals surface area contributed by atoms with E-state index >= 15 is 4.39 Å². The van der Waals surface area contributed by atoms with Crippen LogP contribution in [0.3, 0.4) is 0 Å². The van der Waals surface area contributed by atoms with Crippen LogP contribution in [0.1, 0.15) is 67.2 Å². The Morgan fingerprint density at radius 2 is 1.78 bits per heavy atom. The minimum absolute atomic E-state index is 0.00926. The maximum absolute atomic E-state index is 15.4. The normalized spacial score (nSPS) is 16.2. The van der Waals surface area contributed by atoms with Crippen molar-refractivity contribution in [1.82, 2.24) is 0 Å². The summed E-state index contributed by atoms with van der Waals surface area (Å²) in [5, 5.41) is 1.56. The number of aryl methyl sites for hydroxylation is 2. The fourth-order valence-electron chi connectivity index (χ4n) is 4.78. The summed E-state index contributed by atoms with van der Waals surface area (Å²) < 4.78 is 56.9. The van der Waals surface area contributed by atoms with E-state index in [-0.39, 0.29) is 17.5 Å². The van der Waals surface area contributed by atoms with Crippen molar-refractivity contribution in [3.05, 3.63) is 76.6 Å². The number of fused-ring (bicyclic) bond motifs is 2. The molecule has 3 aromatic rings. The van der Waals surface area contributed by atoms with E-state index in [4.69, 9.17) is 0 Å².